The van der Waals surface area contributed by atoms with E-state index >= 15 is 0 Å². The van der Waals surface area contributed by atoms with Crippen LogP contribution in [0.4, 0.5) is 0 Å². The van der Waals surface area contributed by atoms with Crippen molar-refractivity contribution >= 4 is 0 Å². The van der Waals surface area contributed by atoms with Crippen LogP contribution in [-0.2, 0) is 15.9 Å². The molecule has 1 aliphatic heterocycles. The summed E-state index contributed by atoms with van der Waals surface area (Å²) in [6.07, 6.45) is 4.67. The average Bonchev–Trinajstić information content (AvgIpc) is 3.09. The summed E-state index contributed by atoms with van der Waals surface area (Å²) in [6, 6.07) is 0. The van der Waals surface area contributed by atoms with Crippen molar-refractivity contribution in [1.82, 2.24) is 15.5 Å². The number of β-amino-alcohol motifs (C(OH)–C–C–N with tert-alkyl or cyclic N) is 1. The Bertz CT molecular complexity index is 420. The molecular weight excluding hydrogens is 234 g/mol. The zero-order valence-electron chi connectivity index (χ0n) is 10.6. The first-order valence-electron chi connectivity index (χ1n) is 6.51. The molecule has 2 N–H and O–H groups in total. The molecule has 1 atom stereocenters. The van der Waals surface area contributed by atoms with Crippen molar-refractivity contribution in [2.45, 2.75) is 43.3 Å². The summed E-state index contributed by atoms with van der Waals surface area (Å²) in [5.41, 5.74) is -1.43. The molecule has 100 valence electrons. The molecule has 3 rings (SSSR count). The van der Waals surface area contributed by atoms with Crippen molar-refractivity contribution in [2.24, 2.45) is 0 Å². The van der Waals surface area contributed by atoms with Crippen molar-refractivity contribution in [1.29, 1.82) is 0 Å². The number of nitrogens with zero attached hydrogens (tertiary/aromatic N) is 2. The molecule has 2 aliphatic rings. The third-order valence-electron chi connectivity index (χ3n) is 4.17. The van der Waals surface area contributed by atoms with Crippen LogP contribution < -0.4 is 5.32 Å². The molecule has 1 saturated heterocycles. The van der Waals surface area contributed by atoms with Crippen LogP contribution in [0.25, 0.3) is 0 Å². The van der Waals surface area contributed by atoms with Crippen LogP contribution in [0.3, 0.4) is 0 Å². The van der Waals surface area contributed by atoms with Gasteiger partial charge in [0.15, 0.2) is 5.60 Å². The highest BCUT2D eigenvalue weighted by atomic mass is 16.5. The van der Waals surface area contributed by atoms with E-state index < -0.39 is 11.2 Å². The standard InChI is InChI=1S/C12H19N3O3/c1-17-12(4-2-3-5-12)9-14-10(18-15-9)11(16)6-7-13-8-11/h13,16H,2-8H2,1H3. The van der Waals surface area contributed by atoms with E-state index in [1.807, 2.05) is 0 Å². The Morgan fingerprint density at radius 1 is 1.33 bits per heavy atom. The largest absolute Gasteiger partial charge is 0.379 e. The predicted octanol–water partition coefficient (Wildman–Crippen LogP) is 0.666. The van der Waals surface area contributed by atoms with Crippen LogP contribution in [-0.4, -0.2) is 35.4 Å². The molecule has 6 nitrogen and oxygen atoms in total. The second-order valence-electron chi connectivity index (χ2n) is 5.29. The molecule has 1 aromatic heterocycles. The molecule has 1 saturated carbocycles. The van der Waals surface area contributed by atoms with Crippen molar-refractivity contribution < 1.29 is 14.4 Å². The number of rotatable bonds is 3. The van der Waals surface area contributed by atoms with E-state index in [4.69, 9.17) is 9.26 Å². The monoisotopic (exact) mass is 253 g/mol. The van der Waals surface area contributed by atoms with E-state index in [1.165, 1.54) is 0 Å². The maximum absolute atomic E-state index is 10.4. The van der Waals surface area contributed by atoms with Crippen LogP contribution in [0.5, 0.6) is 0 Å². The highest BCUT2D eigenvalue weighted by Crippen LogP contribution is 2.40. The van der Waals surface area contributed by atoms with Crippen LogP contribution in [0.15, 0.2) is 4.52 Å². The maximum atomic E-state index is 10.4. The molecule has 0 bridgehead atoms. The van der Waals surface area contributed by atoms with Crippen molar-refractivity contribution in [2.75, 3.05) is 20.2 Å². The van der Waals surface area contributed by atoms with Gasteiger partial charge in [0, 0.05) is 13.7 Å². The Morgan fingerprint density at radius 3 is 2.72 bits per heavy atom. The molecule has 1 aromatic rings. The quantitative estimate of drug-likeness (QED) is 0.824. The average molecular weight is 253 g/mol. The third-order valence-corrected chi connectivity index (χ3v) is 4.17. The minimum absolute atomic E-state index is 0.311. The van der Waals surface area contributed by atoms with Gasteiger partial charge in [0.2, 0.25) is 5.82 Å². The van der Waals surface area contributed by atoms with E-state index in [9.17, 15) is 5.11 Å². The lowest BCUT2D eigenvalue weighted by Gasteiger charge is -2.23. The minimum atomic E-state index is -1.02. The zero-order valence-corrected chi connectivity index (χ0v) is 10.6. The number of aliphatic hydroxyl groups is 1. The van der Waals surface area contributed by atoms with Crippen molar-refractivity contribution in [3.05, 3.63) is 11.7 Å². The smallest absolute Gasteiger partial charge is 0.260 e. The van der Waals surface area contributed by atoms with Crippen LogP contribution >= 0.6 is 0 Å². The summed E-state index contributed by atoms with van der Waals surface area (Å²) in [4.78, 5) is 4.40. The molecule has 1 aliphatic carbocycles. The fraction of sp³-hybridized carbons (Fsp3) is 0.833. The molecule has 0 radical (unpaired) electrons. The van der Waals surface area contributed by atoms with Gasteiger partial charge in [0.1, 0.15) is 5.60 Å². The second kappa shape index (κ2) is 4.29. The molecule has 0 amide bonds. The molecule has 6 heteroatoms. The summed E-state index contributed by atoms with van der Waals surface area (Å²) in [7, 11) is 1.69. The van der Waals surface area contributed by atoms with Gasteiger partial charge in [-0.3, -0.25) is 0 Å². The Balaban J connectivity index is 1.89. The molecule has 18 heavy (non-hydrogen) atoms. The molecule has 0 spiro atoms. The Hall–Kier alpha value is -0.980. The van der Waals surface area contributed by atoms with E-state index in [2.05, 4.69) is 15.5 Å². The normalized spacial score (nSPS) is 31.0. The van der Waals surface area contributed by atoms with E-state index in [0.717, 1.165) is 32.2 Å². The fourth-order valence-corrected chi connectivity index (χ4v) is 2.92. The first-order valence-corrected chi connectivity index (χ1v) is 6.51. The number of nitrogens with one attached hydrogen (secondary N) is 1. The van der Waals surface area contributed by atoms with Crippen molar-refractivity contribution in [3.8, 4) is 0 Å². The van der Waals surface area contributed by atoms with Crippen LogP contribution in [0, 0.1) is 0 Å². The van der Waals surface area contributed by atoms with E-state index in [1.54, 1.807) is 7.11 Å². The topological polar surface area (TPSA) is 80.4 Å². The minimum Gasteiger partial charge on any atom is -0.379 e. The van der Waals surface area contributed by atoms with E-state index in [0.29, 0.717) is 24.7 Å². The summed E-state index contributed by atoms with van der Waals surface area (Å²) in [6.45, 7) is 1.23. The lowest BCUT2D eigenvalue weighted by molar-refractivity contribution is -0.0178. The van der Waals surface area contributed by atoms with Gasteiger partial charge < -0.3 is 19.7 Å². The fourth-order valence-electron chi connectivity index (χ4n) is 2.92. The first-order chi connectivity index (χ1) is 8.69. The zero-order chi connectivity index (χ0) is 12.6. The third kappa shape index (κ3) is 1.75. The Labute approximate surface area is 106 Å². The van der Waals surface area contributed by atoms with Gasteiger partial charge in [-0.2, -0.15) is 4.98 Å². The van der Waals surface area contributed by atoms with Gasteiger partial charge in [-0.25, -0.2) is 0 Å². The Kier molecular flexibility index (Phi) is 2.88. The lowest BCUT2D eigenvalue weighted by Crippen LogP contribution is -2.30. The highest BCUT2D eigenvalue weighted by Gasteiger charge is 2.44. The van der Waals surface area contributed by atoms with Gasteiger partial charge in [-0.05, 0) is 38.6 Å². The molecule has 2 fully saturated rings. The maximum Gasteiger partial charge on any atom is 0.260 e. The number of methoxy groups -OCH3 is 1. The second-order valence-corrected chi connectivity index (χ2v) is 5.29. The summed E-state index contributed by atoms with van der Waals surface area (Å²) in [5, 5.41) is 17.5. The molecular formula is C12H19N3O3. The van der Waals surface area contributed by atoms with Gasteiger partial charge in [0.05, 0.1) is 0 Å². The van der Waals surface area contributed by atoms with E-state index in [-0.39, 0.29) is 0 Å². The summed E-state index contributed by atoms with van der Waals surface area (Å²) < 4.78 is 10.9. The number of hydrogen-bond acceptors (Lipinski definition) is 6. The summed E-state index contributed by atoms with van der Waals surface area (Å²) in [5.74, 6) is 0.892. The van der Waals surface area contributed by atoms with Gasteiger partial charge in [-0.1, -0.05) is 5.16 Å². The van der Waals surface area contributed by atoms with Gasteiger partial charge in [0.25, 0.3) is 5.89 Å². The number of hydrogen-bond donors (Lipinski definition) is 2. The lowest BCUT2D eigenvalue weighted by atomic mass is 10.0. The first kappa shape index (κ1) is 12.1. The number of ether oxygens (including phenoxy) is 1. The predicted molar refractivity (Wildman–Crippen MR) is 62.8 cm³/mol. The number of aromatic nitrogens is 2. The molecule has 0 aromatic carbocycles. The Morgan fingerprint density at radius 2 is 2.11 bits per heavy atom. The summed E-state index contributed by atoms with van der Waals surface area (Å²) >= 11 is 0. The van der Waals surface area contributed by atoms with Gasteiger partial charge >= 0.3 is 0 Å². The van der Waals surface area contributed by atoms with Crippen LogP contribution in [0.1, 0.15) is 43.8 Å². The highest BCUT2D eigenvalue weighted by molar-refractivity contribution is 5.09. The van der Waals surface area contributed by atoms with Crippen molar-refractivity contribution in [3.63, 3.8) is 0 Å². The van der Waals surface area contributed by atoms with Gasteiger partial charge in [-0.15, -0.1) is 0 Å². The van der Waals surface area contributed by atoms with Crippen LogP contribution in [0.2, 0.25) is 0 Å². The SMILES string of the molecule is COC1(c2noc(C3(O)CCNC3)n2)CCCC1. The molecule has 1 unspecified atom stereocenters. The molecule has 2 heterocycles.